The third kappa shape index (κ3) is 5.98. The molecule has 2 aliphatic rings. The zero-order chi connectivity index (χ0) is 25.6. The molecule has 5 rings (SSSR count). The number of fused-ring (bicyclic) bond motifs is 1. The van der Waals surface area contributed by atoms with E-state index in [1.54, 1.807) is 4.90 Å². The molecule has 2 amide bonds. The number of amides is 2. The Morgan fingerprint density at radius 3 is 2.08 bits per heavy atom. The lowest BCUT2D eigenvalue weighted by molar-refractivity contribution is -0.158. The second-order valence-corrected chi connectivity index (χ2v) is 9.10. The number of rotatable bonds is 9. The van der Waals surface area contributed by atoms with Crippen LogP contribution in [0.4, 0.5) is 4.79 Å². The number of esters is 1. The van der Waals surface area contributed by atoms with Gasteiger partial charge in [-0.1, -0.05) is 91.0 Å². The number of carbonyl (C=O) groups excluding carboxylic acids is 3. The van der Waals surface area contributed by atoms with E-state index in [0.717, 1.165) is 16.7 Å². The lowest BCUT2D eigenvalue weighted by Crippen LogP contribution is -2.48. The highest BCUT2D eigenvalue weighted by Gasteiger charge is 2.46. The van der Waals surface area contributed by atoms with E-state index in [4.69, 9.17) is 14.2 Å². The average molecular weight is 501 g/mol. The highest BCUT2D eigenvalue weighted by molar-refractivity contribution is 5.83. The second kappa shape index (κ2) is 11.3. The predicted molar refractivity (Wildman–Crippen MR) is 134 cm³/mol. The van der Waals surface area contributed by atoms with Crippen molar-refractivity contribution in [1.82, 2.24) is 10.2 Å². The molecule has 8 heteroatoms. The maximum Gasteiger partial charge on any atom is 0.408 e. The van der Waals surface area contributed by atoms with E-state index in [-0.39, 0.29) is 25.2 Å². The summed E-state index contributed by atoms with van der Waals surface area (Å²) in [6.45, 7) is 0.435. The molecule has 3 aromatic rings. The van der Waals surface area contributed by atoms with Crippen molar-refractivity contribution >= 4 is 18.0 Å². The summed E-state index contributed by atoms with van der Waals surface area (Å²) in [7, 11) is 0. The predicted octanol–water partition coefficient (Wildman–Crippen LogP) is 3.96. The summed E-state index contributed by atoms with van der Waals surface area (Å²) in [5, 5.41) is 2.66. The molecule has 2 unspecified atom stereocenters. The van der Waals surface area contributed by atoms with Crippen LogP contribution >= 0.6 is 0 Å². The van der Waals surface area contributed by atoms with Crippen molar-refractivity contribution in [2.75, 3.05) is 6.54 Å². The van der Waals surface area contributed by atoms with Gasteiger partial charge in [0, 0.05) is 13.0 Å². The first kappa shape index (κ1) is 24.5. The van der Waals surface area contributed by atoms with Gasteiger partial charge < -0.3 is 24.4 Å². The Bertz CT molecular complexity index is 1180. The summed E-state index contributed by atoms with van der Waals surface area (Å²) in [4.78, 5) is 39.6. The number of nitrogens with zero attached hydrogens (tertiary/aromatic N) is 1. The molecule has 0 spiro atoms. The minimum Gasteiger partial charge on any atom is -0.451 e. The molecule has 2 fully saturated rings. The SMILES string of the molecule is O=C(N[C@H](CC1CN2C(=O)CC2O1)C(=O)OC(c1ccccc1)c1ccccc1)OCc1ccccc1. The molecule has 190 valence electrons. The van der Waals surface area contributed by atoms with Gasteiger partial charge in [-0.2, -0.15) is 0 Å². The molecule has 0 aromatic heterocycles. The first-order chi connectivity index (χ1) is 18.1. The van der Waals surface area contributed by atoms with E-state index in [2.05, 4.69) is 5.32 Å². The average Bonchev–Trinajstić information content (AvgIpc) is 3.27. The normalized spacial score (nSPS) is 19.1. The van der Waals surface area contributed by atoms with Crippen molar-refractivity contribution in [3.05, 3.63) is 108 Å². The Balaban J connectivity index is 1.31. The van der Waals surface area contributed by atoms with E-state index < -0.39 is 30.3 Å². The van der Waals surface area contributed by atoms with Gasteiger partial charge in [0.25, 0.3) is 0 Å². The van der Waals surface area contributed by atoms with Gasteiger partial charge in [0.1, 0.15) is 18.9 Å². The molecular weight excluding hydrogens is 472 g/mol. The van der Waals surface area contributed by atoms with Crippen LogP contribution in [-0.4, -0.2) is 47.8 Å². The number of benzene rings is 3. The van der Waals surface area contributed by atoms with Crippen molar-refractivity contribution in [3.8, 4) is 0 Å². The zero-order valence-corrected chi connectivity index (χ0v) is 20.2. The Kier molecular flexibility index (Phi) is 7.46. The largest absolute Gasteiger partial charge is 0.451 e. The molecule has 0 radical (unpaired) electrons. The summed E-state index contributed by atoms with van der Waals surface area (Å²) >= 11 is 0. The fraction of sp³-hybridized carbons (Fsp3) is 0.276. The summed E-state index contributed by atoms with van der Waals surface area (Å²) in [6, 6.07) is 27.1. The molecular formula is C29H28N2O6. The molecule has 1 N–H and O–H groups in total. The van der Waals surface area contributed by atoms with Crippen LogP contribution in [0.3, 0.4) is 0 Å². The summed E-state index contributed by atoms with van der Waals surface area (Å²) < 4.78 is 17.3. The maximum absolute atomic E-state index is 13.5. The van der Waals surface area contributed by atoms with Crippen molar-refractivity contribution in [2.45, 2.75) is 43.9 Å². The van der Waals surface area contributed by atoms with Gasteiger partial charge in [0.05, 0.1) is 12.5 Å². The van der Waals surface area contributed by atoms with Gasteiger partial charge in [-0.3, -0.25) is 4.79 Å². The van der Waals surface area contributed by atoms with Gasteiger partial charge in [-0.15, -0.1) is 0 Å². The van der Waals surface area contributed by atoms with Crippen molar-refractivity contribution in [1.29, 1.82) is 0 Å². The minimum atomic E-state index is -1.03. The molecule has 0 bridgehead atoms. The number of alkyl carbamates (subject to hydrolysis) is 1. The van der Waals surface area contributed by atoms with E-state index >= 15 is 0 Å². The summed E-state index contributed by atoms with van der Waals surface area (Å²) in [6.07, 6.45) is -1.58. The first-order valence-electron chi connectivity index (χ1n) is 12.3. The smallest absolute Gasteiger partial charge is 0.408 e. The fourth-order valence-electron chi connectivity index (χ4n) is 4.55. The topological polar surface area (TPSA) is 94.2 Å². The highest BCUT2D eigenvalue weighted by Crippen LogP contribution is 2.31. The minimum absolute atomic E-state index is 0.0232. The molecule has 2 aliphatic heterocycles. The quantitative estimate of drug-likeness (QED) is 0.353. The molecule has 3 aromatic carbocycles. The molecule has 2 saturated heterocycles. The molecule has 8 nitrogen and oxygen atoms in total. The number of ether oxygens (including phenoxy) is 3. The first-order valence-corrected chi connectivity index (χ1v) is 12.3. The Labute approximate surface area is 215 Å². The maximum atomic E-state index is 13.5. The zero-order valence-electron chi connectivity index (χ0n) is 20.2. The van der Waals surface area contributed by atoms with Crippen LogP contribution in [-0.2, 0) is 30.4 Å². The number of nitrogens with one attached hydrogen (secondary N) is 1. The van der Waals surface area contributed by atoms with Crippen LogP contribution in [0, 0.1) is 0 Å². The molecule has 0 saturated carbocycles. The van der Waals surface area contributed by atoms with E-state index in [1.807, 2.05) is 91.0 Å². The van der Waals surface area contributed by atoms with Crippen LogP contribution in [0.2, 0.25) is 0 Å². The summed E-state index contributed by atoms with van der Waals surface area (Å²) in [5.74, 6) is -0.589. The fourth-order valence-corrected chi connectivity index (χ4v) is 4.55. The monoisotopic (exact) mass is 500 g/mol. The van der Waals surface area contributed by atoms with Crippen molar-refractivity contribution in [3.63, 3.8) is 0 Å². The number of β-lactam (4-membered cyclic amide) rings is 1. The standard InChI is InChI=1S/C29H28N2O6/c32-25-17-26-31(25)18-23(36-26)16-24(30-29(34)35-19-20-10-4-1-5-11-20)28(33)37-27(21-12-6-2-7-13-21)22-14-8-3-9-15-22/h1-15,23-24,26-27H,16-19H2,(H,30,34)/t23?,24-,26?/m1/s1. The third-order valence-corrected chi connectivity index (χ3v) is 6.49. The lowest BCUT2D eigenvalue weighted by Gasteiger charge is -2.31. The molecule has 3 atom stereocenters. The van der Waals surface area contributed by atoms with Crippen LogP contribution in [0.25, 0.3) is 0 Å². The van der Waals surface area contributed by atoms with Gasteiger partial charge >= 0.3 is 12.1 Å². The van der Waals surface area contributed by atoms with E-state index in [0.29, 0.717) is 13.0 Å². The van der Waals surface area contributed by atoms with Crippen LogP contribution in [0.1, 0.15) is 35.6 Å². The number of hydrogen-bond acceptors (Lipinski definition) is 6. The van der Waals surface area contributed by atoms with Crippen LogP contribution < -0.4 is 5.32 Å². The van der Waals surface area contributed by atoms with Gasteiger partial charge in [-0.25, -0.2) is 9.59 Å². The van der Waals surface area contributed by atoms with E-state index in [9.17, 15) is 14.4 Å². The van der Waals surface area contributed by atoms with Crippen molar-refractivity contribution in [2.24, 2.45) is 0 Å². The third-order valence-electron chi connectivity index (χ3n) is 6.49. The Hall–Kier alpha value is -4.17. The van der Waals surface area contributed by atoms with Gasteiger partial charge in [0.15, 0.2) is 6.10 Å². The number of carbonyl (C=O) groups is 3. The van der Waals surface area contributed by atoms with Crippen LogP contribution in [0.15, 0.2) is 91.0 Å². The lowest BCUT2D eigenvalue weighted by atomic mass is 10.0. The molecule has 2 heterocycles. The van der Waals surface area contributed by atoms with Crippen molar-refractivity contribution < 1.29 is 28.6 Å². The summed E-state index contributed by atoms with van der Waals surface area (Å²) in [5.41, 5.74) is 2.44. The van der Waals surface area contributed by atoms with Gasteiger partial charge in [-0.05, 0) is 16.7 Å². The molecule has 0 aliphatic carbocycles. The van der Waals surface area contributed by atoms with Gasteiger partial charge in [0.2, 0.25) is 5.91 Å². The highest BCUT2D eigenvalue weighted by atomic mass is 16.6. The Morgan fingerprint density at radius 1 is 0.919 bits per heavy atom. The number of hydrogen-bond donors (Lipinski definition) is 1. The molecule has 37 heavy (non-hydrogen) atoms. The van der Waals surface area contributed by atoms with Crippen LogP contribution in [0.5, 0.6) is 0 Å². The second-order valence-electron chi connectivity index (χ2n) is 9.10. The Morgan fingerprint density at radius 2 is 1.51 bits per heavy atom. The van der Waals surface area contributed by atoms with E-state index in [1.165, 1.54) is 0 Å².